The van der Waals surface area contributed by atoms with Crippen molar-refractivity contribution < 1.29 is 4.74 Å². The number of methoxy groups -OCH3 is 1. The summed E-state index contributed by atoms with van der Waals surface area (Å²) in [6, 6.07) is 8.56. The summed E-state index contributed by atoms with van der Waals surface area (Å²) in [5.74, 6) is 2.90. The molecule has 3 atom stereocenters. The highest BCUT2D eigenvalue weighted by Gasteiger charge is 2.53. The van der Waals surface area contributed by atoms with Crippen molar-refractivity contribution in [1.29, 1.82) is 5.26 Å². The quantitative estimate of drug-likeness (QED) is 0.745. The summed E-state index contributed by atoms with van der Waals surface area (Å²) in [5.41, 5.74) is 9.11. The zero-order valence-corrected chi connectivity index (χ0v) is 15.6. The highest BCUT2D eigenvalue weighted by atomic mass is 35.5. The molecule has 2 N–H and O–H groups in total. The van der Waals surface area contributed by atoms with E-state index < -0.39 is 0 Å². The Morgan fingerprint density at radius 3 is 2.67 bits per heavy atom. The predicted molar refractivity (Wildman–Crippen MR) is 104 cm³/mol. The molecule has 3 aromatic rings. The second kappa shape index (κ2) is 6.41. The fraction of sp³-hybridized carbons (Fsp3) is 0.316. The minimum absolute atomic E-state index is 0. The summed E-state index contributed by atoms with van der Waals surface area (Å²) >= 11 is 0. The molecule has 0 bridgehead atoms. The van der Waals surface area contributed by atoms with E-state index in [2.05, 4.69) is 21.1 Å². The van der Waals surface area contributed by atoms with Gasteiger partial charge in [-0.25, -0.2) is 9.50 Å². The fourth-order valence-electron chi connectivity index (χ4n) is 4.00. The number of anilines is 1. The third-order valence-electron chi connectivity index (χ3n) is 5.59. The first kappa shape index (κ1) is 17.6. The Morgan fingerprint density at radius 1 is 1.26 bits per heavy atom. The Balaban J connectivity index is 0.00000180. The minimum Gasteiger partial charge on any atom is -0.495 e. The Morgan fingerprint density at radius 2 is 2.04 bits per heavy atom. The molecule has 1 aliphatic heterocycles. The van der Waals surface area contributed by atoms with Crippen molar-refractivity contribution in [2.24, 2.45) is 17.6 Å². The second-order valence-electron chi connectivity index (χ2n) is 6.97. The first-order chi connectivity index (χ1) is 12.7. The third-order valence-corrected chi connectivity index (χ3v) is 5.59. The number of hydrogen-bond acceptors (Lipinski definition) is 6. The fourth-order valence-corrected chi connectivity index (χ4v) is 4.00. The molecular weight excluding hydrogens is 364 g/mol. The molecule has 0 radical (unpaired) electrons. The van der Waals surface area contributed by atoms with Gasteiger partial charge in [0.15, 0.2) is 0 Å². The van der Waals surface area contributed by atoms with Crippen LogP contribution in [-0.4, -0.2) is 40.8 Å². The van der Waals surface area contributed by atoms with Crippen LogP contribution in [0.5, 0.6) is 5.75 Å². The van der Waals surface area contributed by atoms with Gasteiger partial charge in [0.1, 0.15) is 17.6 Å². The second-order valence-corrected chi connectivity index (χ2v) is 6.97. The maximum Gasteiger partial charge on any atom is 0.137 e. The average molecular weight is 383 g/mol. The molecule has 0 amide bonds. The van der Waals surface area contributed by atoms with Gasteiger partial charge >= 0.3 is 0 Å². The minimum atomic E-state index is 0. The number of hydrogen-bond donors (Lipinski definition) is 1. The summed E-state index contributed by atoms with van der Waals surface area (Å²) in [6.07, 6.45) is 5.18. The highest BCUT2D eigenvalue weighted by Crippen LogP contribution is 2.45. The maximum atomic E-state index is 9.39. The molecule has 4 heterocycles. The van der Waals surface area contributed by atoms with E-state index >= 15 is 0 Å². The van der Waals surface area contributed by atoms with E-state index in [4.69, 9.17) is 10.5 Å². The van der Waals surface area contributed by atoms with Crippen molar-refractivity contribution in [3.63, 3.8) is 0 Å². The van der Waals surface area contributed by atoms with Gasteiger partial charge in [-0.15, -0.1) is 12.4 Å². The van der Waals surface area contributed by atoms with E-state index in [1.807, 2.05) is 24.4 Å². The van der Waals surface area contributed by atoms with Crippen LogP contribution in [0.3, 0.4) is 0 Å². The van der Waals surface area contributed by atoms with E-state index in [0.717, 1.165) is 35.6 Å². The monoisotopic (exact) mass is 382 g/mol. The molecule has 8 heteroatoms. The van der Waals surface area contributed by atoms with Crippen LogP contribution in [0.15, 0.2) is 36.8 Å². The van der Waals surface area contributed by atoms with Crippen LogP contribution in [0.4, 0.5) is 5.82 Å². The van der Waals surface area contributed by atoms with E-state index in [-0.39, 0.29) is 12.4 Å². The molecule has 3 aromatic heterocycles. The van der Waals surface area contributed by atoms with Crippen LogP contribution in [-0.2, 0) is 0 Å². The number of halogens is 1. The maximum absolute atomic E-state index is 9.39. The number of piperidine rings is 1. The van der Waals surface area contributed by atoms with Crippen LogP contribution in [0.1, 0.15) is 5.56 Å². The molecule has 0 aromatic carbocycles. The van der Waals surface area contributed by atoms with Crippen LogP contribution in [0, 0.1) is 23.2 Å². The van der Waals surface area contributed by atoms with Gasteiger partial charge in [-0.1, -0.05) is 0 Å². The van der Waals surface area contributed by atoms with Crippen LogP contribution in [0.2, 0.25) is 0 Å². The number of pyridine rings is 2. The number of nitrogens with zero attached hydrogens (tertiary/aromatic N) is 5. The van der Waals surface area contributed by atoms with Gasteiger partial charge < -0.3 is 15.4 Å². The van der Waals surface area contributed by atoms with Crippen molar-refractivity contribution in [3.8, 4) is 22.9 Å². The number of ether oxygens (including phenoxy) is 1. The average Bonchev–Trinajstić information content (AvgIpc) is 3.08. The summed E-state index contributed by atoms with van der Waals surface area (Å²) in [4.78, 5) is 6.95. The first-order valence-corrected chi connectivity index (χ1v) is 8.62. The number of nitriles is 1. The van der Waals surface area contributed by atoms with Gasteiger partial charge in [0, 0.05) is 36.5 Å². The SMILES string of the molecule is COc1cc(-c2ccc(N3C[C@@H]4C(N)[C@@H]4C3)nc2)c2c(C#N)cnn2c1.Cl. The molecule has 7 nitrogen and oxygen atoms in total. The number of nitrogens with two attached hydrogens (primary N) is 1. The Labute approximate surface area is 162 Å². The van der Waals surface area contributed by atoms with Gasteiger partial charge in [-0.3, -0.25) is 0 Å². The molecular formula is C19H19ClN6O. The third kappa shape index (κ3) is 2.69. The van der Waals surface area contributed by atoms with E-state index in [0.29, 0.717) is 29.2 Å². The Hall–Kier alpha value is -2.82. The lowest BCUT2D eigenvalue weighted by atomic mass is 10.1. The van der Waals surface area contributed by atoms with Crippen molar-refractivity contribution in [3.05, 3.63) is 42.4 Å². The lowest BCUT2D eigenvalue weighted by molar-refractivity contribution is 0.412. The van der Waals surface area contributed by atoms with E-state index in [1.54, 1.807) is 24.0 Å². The topological polar surface area (TPSA) is 92.5 Å². The zero-order valence-electron chi connectivity index (χ0n) is 14.7. The van der Waals surface area contributed by atoms with Crippen molar-refractivity contribution >= 4 is 23.7 Å². The molecule has 5 rings (SSSR count). The molecule has 1 saturated carbocycles. The van der Waals surface area contributed by atoms with Gasteiger partial charge in [0.25, 0.3) is 0 Å². The molecule has 2 aliphatic rings. The smallest absolute Gasteiger partial charge is 0.137 e. The molecule has 1 unspecified atom stereocenters. The molecule has 27 heavy (non-hydrogen) atoms. The Kier molecular flexibility index (Phi) is 4.17. The Bertz CT molecular complexity index is 1030. The normalized spacial score (nSPS) is 22.9. The first-order valence-electron chi connectivity index (χ1n) is 8.62. The van der Waals surface area contributed by atoms with Crippen molar-refractivity contribution in [2.75, 3.05) is 25.1 Å². The van der Waals surface area contributed by atoms with Gasteiger partial charge in [-0.2, -0.15) is 10.4 Å². The van der Waals surface area contributed by atoms with Crippen LogP contribution >= 0.6 is 12.4 Å². The number of rotatable bonds is 3. The number of fused-ring (bicyclic) bond motifs is 2. The summed E-state index contributed by atoms with van der Waals surface area (Å²) in [7, 11) is 1.62. The van der Waals surface area contributed by atoms with Crippen molar-refractivity contribution in [2.45, 2.75) is 6.04 Å². The molecule has 0 spiro atoms. The largest absolute Gasteiger partial charge is 0.495 e. The van der Waals surface area contributed by atoms with Gasteiger partial charge in [0.2, 0.25) is 0 Å². The molecule has 1 aliphatic carbocycles. The lowest BCUT2D eigenvalue weighted by Gasteiger charge is -2.20. The van der Waals surface area contributed by atoms with E-state index in [1.165, 1.54) is 0 Å². The number of aromatic nitrogens is 3. The molecule has 1 saturated heterocycles. The summed E-state index contributed by atoms with van der Waals surface area (Å²) < 4.78 is 7.05. The standard InChI is InChI=1S/C19H18N6O.ClH/c1-26-13-4-14(19-12(5-20)7-23-25(19)8-13)11-2-3-17(22-6-11)24-9-15-16(10-24)18(15)21;/h2-4,6-8,15-16,18H,9-10,21H2,1H3;1H/t15-,16+,18?;. The van der Waals surface area contributed by atoms with Gasteiger partial charge in [-0.05, 0) is 30.0 Å². The van der Waals surface area contributed by atoms with Crippen LogP contribution in [0.25, 0.3) is 16.6 Å². The summed E-state index contributed by atoms with van der Waals surface area (Å²) in [5, 5.41) is 13.7. The van der Waals surface area contributed by atoms with E-state index in [9.17, 15) is 5.26 Å². The predicted octanol–water partition coefficient (Wildman–Crippen LogP) is 2.09. The van der Waals surface area contributed by atoms with Gasteiger partial charge in [0.05, 0.1) is 30.6 Å². The molecule has 138 valence electrons. The molecule has 2 fully saturated rings. The van der Waals surface area contributed by atoms with Crippen molar-refractivity contribution in [1.82, 2.24) is 14.6 Å². The highest BCUT2D eigenvalue weighted by molar-refractivity contribution is 5.85. The summed E-state index contributed by atoms with van der Waals surface area (Å²) in [6.45, 7) is 1.98. The lowest BCUT2D eigenvalue weighted by Crippen LogP contribution is -2.28. The zero-order chi connectivity index (χ0) is 17.8. The van der Waals surface area contributed by atoms with Crippen LogP contribution < -0.4 is 15.4 Å².